The molecule has 0 unspecified atom stereocenters. The van der Waals surface area contributed by atoms with Crippen LogP contribution in [-0.4, -0.2) is 44.8 Å². The summed E-state index contributed by atoms with van der Waals surface area (Å²) in [5.74, 6) is 4.09. The second kappa shape index (κ2) is 25.1. The fourth-order valence-corrected chi connectivity index (χ4v) is 3.02. The first-order chi connectivity index (χ1) is 16.1. The second-order valence-corrected chi connectivity index (χ2v) is 13.8. The van der Waals surface area contributed by atoms with Gasteiger partial charge in [-0.1, -0.05) is 111 Å². The van der Waals surface area contributed by atoms with Gasteiger partial charge in [0.15, 0.2) is 0 Å². The van der Waals surface area contributed by atoms with Gasteiger partial charge in [0.1, 0.15) is 0 Å². The lowest BCUT2D eigenvalue weighted by Gasteiger charge is -2.15. The third-order valence-corrected chi connectivity index (χ3v) is 5.93. The van der Waals surface area contributed by atoms with E-state index >= 15 is 0 Å². The van der Waals surface area contributed by atoms with E-state index in [1.165, 1.54) is 0 Å². The fraction of sp³-hybridized carbons (Fsp3) is 1.00. The summed E-state index contributed by atoms with van der Waals surface area (Å²) in [6, 6.07) is 0. The highest BCUT2D eigenvalue weighted by molar-refractivity contribution is 4.63. The minimum atomic E-state index is -0.106. The molecule has 0 aliphatic heterocycles. The Balaban J connectivity index is -0.000000190. The van der Waals surface area contributed by atoms with Gasteiger partial charge in [0.25, 0.3) is 0 Å². The number of aliphatic hydroxyl groups excluding tert-OH is 4. The van der Waals surface area contributed by atoms with Crippen LogP contribution >= 0.6 is 0 Å². The predicted octanol–water partition coefficient (Wildman–Crippen LogP) is 8.20. The summed E-state index contributed by atoms with van der Waals surface area (Å²) in [5, 5.41) is 37.2. The van der Waals surface area contributed by atoms with Crippen molar-refractivity contribution in [3.63, 3.8) is 0 Å². The molecule has 0 heterocycles. The molecule has 0 aliphatic rings. The van der Waals surface area contributed by atoms with Crippen LogP contribution in [0.2, 0.25) is 0 Å². The summed E-state index contributed by atoms with van der Waals surface area (Å²) in [5.41, 5.74) is 0. The van der Waals surface area contributed by atoms with Gasteiger partial charge >= 0.3 is 0 Å². The van der Waals surface area contributed by atoms with Crippen LogP contribution < -0.4 is 0 Å². The zero-order chi connectivity index (χ0) is 29.8. The van der Waals surface area contributed by atoms with Crippen LogP contribution in [0, 0.1) is 47.3 Å². The molecule has 0 aromatic carbocycles. The summed E-state index contributed by atoms with van der Waals surface area (Å²) in [6.45, 7) is 33.4. The molecule has 0 fully saturated rings. The number of hydrogen-bond donors (Lipinski definition) is 4. The summed E-state index contributed by atoms with van der Waals surface area (Å²) in [7, 11) is 0. The van der Waals surface area contributed by atoms with Gasteiger partial charge in [0.05, 0.1) is 24.4 Å². The largest absolute Gasteiger partial charge is 0.393 e. The molecular weight excluding hydrogens is 448 g/mol. The van der Waals surface area contributed by atoms with Crippen LogP contribution in [-0.2, 0) is 0 Å². The van der Waals surface area contributed by atoms with Crippen LogP contribution in [0.4, 0.5) is 0 Å². The first-order valence-electron chi connectivity index (χ1n) is 14.9. The monoisotopic (exact) mass is 521 g/mol. The highest BCUT2D eigenvalue weighted by atomic mass is 16.3. The first-order valence-corrected chi connectivity index (χ1v) is 14.9. The molecule has 0 aromatic heterocycles. The van der Waals surface area contributed by atoms with Crippen molar-refractivity contribution in [2.45, 2.75) is 161 Å². The van der Waals surface area contributed by atoms with E-state index in [1.807, 2.05) is 55.4 Å². The second-order valence-electron chi connectivity index (χ2n) is 13.8. The molecule has 0 aliphatic carbocycles. The molecular formula is C32H72O4. The Labute approximate surface area is 228 Å². The summed E-state index contributed by atoms with van der Waals surface area (Å²) >= 11 is 0. The standard InChI is InChI=1S/4C8H18O/c4*1-6(2)5-8(9)7(3)4/h4*6-9H,5H2,1-4H3/t4*8-/m1100/s1. The van der Waals surface area contributed by atoms with Crippen molar-refractivity contribution in [1.29, 1.82) is 0 Å². The summed E-state index contributed by atoms with van der Waals surface area (Å²) in [6.07, 6.45) is 3.29. The molecule has 4 nitrogen and oxygen atoms in total. The SMILES string of the molecule is CC(C)C[C@@H](O)C(C)C.CC(C)C[C@@H](O)C(C)C.CC(C)C[C@H](O)C(C)C.CC(C)C[C@H](O)C(C)C. The minimum absolute atomic E-state index is 0.106. The van der Waals surface area contributed by atoms with Crippen LogP contribution in [0.3, 0.4) is 0 Å². The van der Waals surface area contributed by atoms with Gasteiger partial charge in [-0.3, -0.25) is 0 Å². The maximum absolute atomic E-state index is 9.30. The van der Waals surface area contributed by atoms with Crippen molar-refractivity contribution in [3.05, 3.63) is 0 Å². The quantitative estimate of drug-likeness (QED) is 0.209. The molecule has 4 atom stereocenters. The highest BCUT2D eigenvalue weighted by Gasteiger charge is 2.12. The van der Waals surface area contributed by atoms with Crippen LogP contribution in [0.15, 0.2) is 0 Å². The molecule has 4 heteroatoms. The first kappa shape index (κ1) is 42.9. The van der Waals surface area contributed by atoms with E-state index in [2.05, 4.69) is 55.4 Å². The van der Waals surface area contributed by atoms with Crippen molar-refractivity contribution in [3.8, 4) is 0 Å². The van der Waals surface area contributed by atoms with Crippen LogP contribution in [0.1, 0.15) is 136 Å². The van der Waals surface area contributed by atoms with Gasteiger partial charge in [-0.05, 0) is 73.0 Å². The molecule has 0 bridgehead atoms. The molecule has 0 saturated carbocycles. The molecule has 0 spiro atoms. The lowest BCUT2D eigenvalue weighted by atomic mass is 9.98. The average Bonchev–Trinajstić information content (AvgIpc) is 2.67. The Morgan fingerprint density at radius 1 is 0.278 bits per heavy atom. The molecule has 0 amide bonds. The third kappa shape index (κ3) is 36.0. The summed E-state index contributed by atoms with van der Waals surface area (Å²) in [4.78, 5) is 0. The van der Waals surface area contributed by atoms with E-state index in [0.717, 1.165) is 25.7 Å². The van der Waals surface area contributed by atoms with Gasteiger partial charge in [-0.2, -0.15) is 0 Å². The lowest BCUT2D eigenvalue weighted by molar-refractivity contribution is 0.102. The number of rotatable bonds is 12. The highest BCUT2D eigenvalue weighted by Crippen LogP contribution is 2.13. The Kier molecular flexibility index (Phi) is 30.0. The predicted molar refractivity (Wildman–Crippen MR) is 161 cm³/mol. The van der Waals surface area contributed by atoms with E-state index in [1.54, 1.807) is 0 Å². The van der Waals surface area contributed by atoms with E-state index in [9.17, 15) is 20.4 Å². The van der Waals surface area contributed by atoms with Crippen molar-refractivity contribution in [2.24, 2.45) is 47.3 Å². The Hall–Kier alpha value is -0.160. The topological polar surface area (TPSA) is 80.9 Å². The number of aliphatic hydroxyl groups is 4. The maximum Gasteiger partial charge on any atom is 0.0565 e. The van der Waals surface area contributed by atoms with Crippen molar-refractivity contribution >= 4 is 0 Å². The Bertz CT molecular complexity index is 348. The maximum atomic E-state index is 9.30. The normalized spacial score (nSPS) is 15.0. The Morgan fingerprint density at radius 2 is 0.389 bits per heavy atom. The molecule has 224 valence electrons. The van der Waals surface area contributed by atoms with Gasteiger partial charge < -0.3 is 20.4 Å². The molecule has 0 saturated heterocycles. The number of hydrogen-bond acceptors (Lipinski definition) is 4. The zero-order valence-electron chi connectivity index (χ0n) is 27.5. The van der Waals surface area contributed by atoms with Crippen LogP contribution in [0.5, 0.6) is 0 Å². The van der Waals surface area contributed by atoms with E-state index < -0.39 is 0 Å². The van der Waals surface area contributed by atoms with Crippen molar-refractivity contribution in [2.75, 3.05) is 0 Å². The van der Waals surface area contributed by atoms with Gasteiger partial charge in [0, 0.05) is 0 Å². The molecule has 0 rings (SSSR count). The molecule has 4 N–H and O–H groups in total. The van der Waals surface area contributed by atoms with Crippen LogP contribution in [0.25, 0.3) is 0 Å². The van der Waals surface area contributed by atoms with Crippen molar-refractivity contribution in [1.82, 2.24) is 0 Å². The Morgan fingerprint density at radius 3 is 0.417 bits per heavy atom. The molecule has 0 radical (unpaired) electrons. The zero-order valence-corrected chi connectivity index (χ0v) is 27.5. The van der Waals surface area contributed by atoms with Gasteiger partial charge in [-0.25, -0.2) is 0 Å². The molecule has 0 aromatic rings. The lowest BCUT2D eigenvalue weighted by Crippen LogP contribution is -2.16. The van der Waals surface area contributed by atoms with E-state index in [-0.39, 0.29) is 24.4 Å². The van der Waals surface area contributed by atoms with Gasteiger partial charge in [0.2, 0.25) is 0 Å². The van der Waals surface area contributed by atoms with E-state index in [4.69, 9.17) is 0 Å². The molecule has 36 heavy (non-hydrogen) atoms. The summed E-state index contributed by atoms with van der Waals surface area (Å²) < 4.78 is 0. The van der Waals surface area contributed by atoms with Crippen molar-refractivity contribution < 1.29 is 20.4 Å². The fourth-order valence-electron chi connectivity index (χ4n) is 3.02. The third-order valence-electron chi connectivity index (χ3n) is 5.93. The smallest absolute Gasteiger partial charge is 0.0565 e. The van der Waals surface area contributed by atoms with Gasteiger partial charge in [-0.15, -0.1) is 0 Å². The average molecular weight is 521 g/mol. The minimum Gasteiger partial charge on any atom is -0.393 e. The van der Waals surface area contributed by atoms with E-state index in [0.29, 0.717) is 47.3 Å².